The minimum Gasteiger partial charge on any atom is -0.345 e. The van der Waals surface area contributed by atoms with Gasteiger partial charge in [0.2, 0.25) is 5.56 Å². The second-order valence-electron chi connectivity index (χ2n) is 5.01. The zero-order valence-electron chi connectivity index (χ0n) is 12.3. The summed E-state index contributed by atoms with van der Waals surface area (Å²) in [5.74, 6) is -0.466. The van der Waals surface area contributed by atoms with Crippen LogP contribution >= 0.6 is 11.6 Å². The van der Waals surface area contributed by atoms with E-state index in [1.54, 1.807) is 0 Å². The van der Waals surface area contributed by atoms with Gasteiger partial charge in [0.05, 0.1) is 22.7 Å². The van der Waals surface area contributed by atoms with Gasteiger partial charge in [-0.25, -0.2) is 0 Å². The number of rotatable bonds is 3. The molecule has 3 rings (SSSR count). The van der Waals surface area contributed by atoms with Crippen molar-refractivity contribution in [2.45, 2.75) is 12.7 Å². The van der Waals surface area contributed by atoms with Crippen LogP contribution in [0, 0.1) is 0 Å². The highest BCUT2D eigenvalue weighted by molar-refractivity contribution is 6.33. The Labute approximate surface area is 142 Å². The minimum atomic E-state index is -4.58. The normalized spacial score (nSPS) is 11.7. The van der Waals surface area contributed by atoms with Crippen molar-refractivity contribution >= 4 is 23.2 Å². The summed E-state index contributed by atoms with van der Waals surface area (Å²) in [6, 6.07) is 3.25. The van der Waals surface area contributed by atoms with Crippen LogP contribution < -0.4 is 10.9 Å². The lowest BCUT2D eigenvalue weighted by Gasteiger charge is -2.09. The molecule has 0 unspecified atom stereocenters. The van der Waals surface area contributed by atoms with E-state index >= 15 is 0 Å². The third-order valence-corrected chi connectivity index (χ3v) is 3.59. The molecular weight excluding hydrogens is 363 g/mol. The highest BCUT2D eigenvalue weighted by Crippen LogP contribution is 2.32. The molecular formula is C14H9ClF3N5O2. The largest absolute Gasteiger partial charge is 0.417 e. The van der Waals surface area contributed by atoms with Crippen molar-refractivity contribution in [3.8, 4) is 0 Å². The molecule has 0 spiro atoms. The average Bonchev–Trinajstić information content (AvgIpc) is 2.96. The zero-order valence-corrected chi connectivity index (χ0v) is 13.0. The van der Waals surface area contributed by atoms with Gasteiger partial charge in [-0.15, -0.1) is 10.2 Å². The number of carbonyl (C=O) groups is 1. The molecule has 0 aromatic carbocycles. The van der Waals surface area contributed by atoms with Crippen molar-refractivity contribution in [3.05, 3.63) is 62.9 Å². The Morgan fingerprint density at radius 2 is 2.08 bits per heavy atom. The lowest BCUT2D eigenvalue weighted by Crippen LogP contribution is -2.25. The lowest BCUT2D eigenvalue weighted by molar-refractivity contribution is -0.137. The van der Waals surface area contributed by atoms with E-state index < -0.39 is 17.6 Å². The fourth-order valence-corrected chi connectivity index (χ4v) is 2.33. The van der Waals surface area contributed by atoms with Crippen LogP contribution in [0.3, 0.4) is 0 Å². The number of alkyl halides is 3. The van der Waals surface area contributed by atoms with Gasteiger partial charge in [-0.05, 0) is 12.1 Å². The van der Waals surface area contributed by atoms with Crippen LogP contribution in [0.2, 0.25) is 5.02 Å². The van der Waals surface area contributed by atoms with Gasteiger partial charge < -0.3 is 10.3 Å². The number of hydrogen-bond donors (Lipinski definition) is 2. The molecule has 0 aliphatic heterocycles. The van der Waals surface area contributed by atoms with Gasteiger partial charge in [0.15, 0.2) is 11.5 Å². The molecule has 0 atom stereocenters. The molecule has 0 aliphatic carbocycles. The van der Waals surface area contributed by atoms with Crippen molar-refractivity contribution in [2.75, 3.05) is 0 Å². The highest BCUT2D eigenvalue weighted by Gasteiger charge is 2.32. The van der Waals surface area contributed by atoms with Gasteiger partial charge in [-0.3, -0.25) is 14.0 Å². The fourth-order valence-electron chi connectivity index (χ4n) is 2.09. The molecule has 25 heavy (non-hydrogen) atoms. The summed E-state index contributed by atoms with van der Waals surface area (Å²) in [6.45, 7) is -0.184. The molecule has 0 aliphatic rings. The predicted molar refractivity (Wildman–Crippen MR) is 81.2 cm³/mol. The Kier molecular flexibility index (Phi) is 4.21. The number of H-pyrrole nitrogens is 1. The summed E-state index contributed by atoms with van der Waals surface area (Å²) in [6.07, 6.45) is -2.56. The van der Waals surface area contributed by atoms with Crippen LogP contribution in [0.1, 0.15) is 21.7 Å². The molecule has 1 amide bonds. The molecule has 0 saturated heterocycles. The first-order valence-corrected chi connectivity index (χ1v) is 7.21. The van der Waals surface area contributed by atoms with Gasteiger partial charge in [0.1, 0.15) is 0 Å². The molecule has 0 fully saturated rings. The Bertz CT molecular complexity index is 991. The molecule has 3 heterocycles. The monoisotopic (exact) mass is 371 g/mol. The molecule has 0 bridgehead atoms. The third-order valence-electron chi connectivity index (χ3n) is 3.31. The first-order chi connectivity index (χ1) is 11.8. The maximum absolute atomic E-state index is 12.9. The number of nitrogens with one attached hydrogen (secondary N) is 2. The topological polar surface area (TPSA) is 92.2 Å². The molecule has 2 N–H and O–H groups in total. The van der Waals surface area contributed by atoms with E-state index in [-0.39, 0.29) is 34.2 Å². The van der Waals surface area contributed by atoms with E-state index in [0.29, 0.717) is 0 Å². The molecule has 3 aromatic heterocycles. The number of hydrogen-bond acceptors (Lipinski definition) is 4. The van der Waals surface area contributed by atoms with Crippen LogP contribution in [0.15, 0.2) is 35.4 Å². The number of carbonyl (C=O) groups excluding carboxylic acids is 1. The second-order valence-corrected chi connectivity index (χ2v) is 5.42. The maximum Gasteiger partial charge on any atom is 0.417 e. The quantitative estimate of drug-likeness (QED) is 0.736. The van der Waals surface area contributed by atoms with Gasteiger partial charge in [-0.1, -0.05) is 11.6 Å². The number of pyridine rings is 2. The van der Waals surface area contributed by atoms with Crippen LogP contribution in [-0.2, 0) is 12.7 Å². The first-order valence-electron chi connectivity index (χ1n) is 6.83. The third kappa shape index (κ3) is 3.48. The van der Waals surface area contributed by atoms with Crippen LogP contribution in [0.25, 0.3) is 5.65 Å². The summed E-state index contributed by atoms with van der Waals surface area (Å²) in [5, 5.41) is 9.74. The maximum atomic E-state index is 12.9. The van der Waals surface area contributed by atoms with Crippen molar-refractivity contribution in [2.24, 2.45) is 0 Å². The Morgan fingerprint density at radius 3 is 2.72 bits per heavy atom. The molecule has 0 saturated carbocycles. The molecule has 3 aromatic rings. The van der Waals surface area contributed by atoms with E-state index in [1.807, 2.05) is 0 Å². The van der Waals surface area contributed by atoms with Crippen LogP contribution in [0.5, 0.6) is 0 Å². The summed E-state index contributed by atoms with van der Waals surface area (Å²) >= 11 is 5.81. The van der Waals surface area contributed by atoms with Crippen LogP contribution in [0.4, 0.5) is 13.2 Å². The summed E-state index contributed by atoms with van der Waals surface area (Å²) in [7, 11) is 0. The fraction of sp³-hybridized carbons (Fsp3) is 0.143. The molecule has 11 heteroatoms. The average molecular weight is 372 g/mol. The second kappa shape index (κ2) is 6.20. The lowest BCUT2D eigenvalue weighted by atomic mass is 10.2. The van der Waals surface area contributed by atoms with Crippen LogP contribution in [-0.4, -0.2) is 25.5 Å². The zero-order chi connectivity index (χ0) is 18.2. The predicted octanol–water partition coefficient (Wildman–Crippen LogP) is 2.02. The standard InChI is InChI=1S/C14H9ClF3N5O2/c15-9-3-8(14(16,17)18)6-23-10(21-22-12(9)23)5-20-13(25)7-1-2-11(24)19-4-7/h1-4,6H,5H2,(H,19,24)(H,20,25). The van der Waals surface area contributed by atoms with Gasteiger partial charge in [0, 0.05) is 18.5 Å². The highest BCUT2D eigenvalue weighted by atomic mass is 35.5. The molecule has 7 nitrogen and oxygen atoms in total. The Hall–Kier alpha value is -2.88. The number of halogens is 4. The number of nitrogens with zero attached hydrogens (tertiary/aromatic N) is 3. The summed E-state index contributed by atoms with van der Waals surface area (Å²) in [5.41, 5.74) is -1.10. The Balaban J connectivity index is 1.86. The van der Waals surface area contributed by atoms with Gasteiger partial charge in [-0.2, -0.15) is 13.2 Å². The number of aromatic nitrogens is 4. The minimum absolute atomic E-state index is 0.0444. The summed E-state index contributed by atoms with van der Waals surface area (Å²) in [4.78, 5) is 25.3. The van der Waals surface area contributed by atoms with E-state index in [0.717, 1.165) is 16.7 Å². The van der Waals surface area contributed by atoms with Gasteiger partial charge >= 0.3 is 6.18 Å². The smallest absolute Gasteiger partial charge is 0.345 e. The molecule has 0 radical (unpaired) electrons. The molecule has 130 valence electrons. The van der Waals surface area contributed by atoms with Crippen molar-refractivity contribution in [1.82, 2.24) is 24.9 Å². The number of aromatic amines is 1. The van der Waals surface area contributed by atoms with E-state index in [2.05, 4.69) is 20.5 Å². The van der Waals surface area contributed by atoms with Crippen molar-refractivity contribution in [1.29, 1.82) is 0 Å². The Morgan fingerprint density at radius 1 is 1.32 bits per heavy atom. The van der Waals surface area contributed by atoms with E-state index in [4.69, 9.17) is 11.6 Å². The van der Waals surface area contributed by atoms with E-state index in [1.165, 1.54) is 18.3 Å². The van der Waals surface area contributed by atoms with Crippen molar-refractivity contribution in [3.63, 3.8) is 0 Å². The van der Waals surface area contributed by atoms with Gasteiger partial charge in [0.25, 0.3) is 5.91 Å². The van der Waals surface area contributed by atoms with Crippen molar-refractivity contribution < 1.29 is 18.0 Å². The number of amides is 1. The SMILES string of the molecule is O=C(NCc1nnc2c(Cl)cc(C(F)(F)F)cn12)c1ccc(=O)[nH]c1. The van der Waals surface area contributed by atoms with E-state index in [9.17, 15) is 22.8 Å². The first kappa shape index (κ1) is 17.0. The number of fused-ring (bicyclic) bond motifs is 1. The summed E-state index contributed by atoms with van der Waals surface area (Å²) < 4.78 is 39.7.